The second-order valence-corrected chi connectivity index (χ2v) is 6.54. The molecule has 0 saturated heterocycles. The van der Waals surface area contributed by atoms with Gasteiger partial charge in [-0.1, -0.05) is 18.2 Å². The SMILES string of the molecule is CN=C(NCCc1cc2ccccc2o1)NCc1ncc(C)s1.I. The van der Waals surface area contributed by atoms with E-state index in [4.69, 9.17) is 4.42 Å². The number of thiazole rings is 1. The zero-order valence-electron chi connectivity index (χ0n) is 13.7. The minimum atomic E-state index is 0. The molecule has 7 heteroatoms. The molecule has 0 bridgehead atoms. The lowest BCUT2D eigenvalue weighted by molar-refractivity contribution is 0.544. The summed E-state index contributed by atoms with van der Waals surface area (Å²) in [5.41, 5.74) is 0.934. The molecule has 0 spiro atoms. The zero-order valence-corrected chi connectivity index (χ0v) is 16.9. The summed E-state index contributed by atoms with van der Waals surface area (Å²) in [7, 11) is 1.77. The topological polar surface area (TPSA) is 62.5 Å². The minimum absolute atomic E-state index is 0. The van der Waals surface area contributed by atoms with Crippen LogP contribution in [0.3, 0.4) is 0 Å². The predicted octanol–water partition coefficient (Wildman–Crippen LogP) is 3.72. The van der Waals surface area contributed by atoms with Gasteiger partial charge in [0.15, 0.2) is 5.96 Å². The van der Waals surface area contributed by atoms with Crippen LogP contribution in [0.5, 0.6) is 0 Å². The van der Waals surface area contributed by atoms with E-state index in [0.29, 0.717) is 6.54 Å². The van der Waals surface area contributed by atoms with E-state index >= 15 is 0 Å². The molecule has 5 nitrogen and oxygen atoms in total. The molecule has 0 aliphatic rings. The molecular weight excluding hydrogens is 435 g/mol. The third-order valence-electron chi connectivity index (χ3n) is 3.44. The summed E-state index contributed by atoms with van der Waals surface area (Å²) in [5.74, 6) is 1.75. The molecule has 0 aliphatic heterocycles. The quantitative estimate of drug-likeness (QED) is 0.349. The van der Waals surface area contributed by atoms with Crippen LogP contribution < -0.4 is 10.6 Å². The molecule has 0 aliphatic carbocycles. The molecule has 0 atom stereocenters. The van der Waals surface area contributed by atoms with Crippen LogP contribution in [0.1, 0.15) is 15.6 Å². The fourth-order valence-corrected chi connectivity index (χ4v) is 3.05. The number of fused-ring (bicyclic) bond motifs is 1. The van der Waals surface area contributed by atoms with Crippen molar-refractivity contribution in [3.05, 3.63) is 52.2 Å². The number of aromatic nitrogens is 1. The first-order valence-electron chi connectivity index (χ1n) is 7.58. The van der Waals surface area contributed by atoms with E-state index in [1.807, 2.05) is 24.4 Å². The number of para-hydroxylation sites is 1. The highest BCUT2D eigenvalue weighted by Crippen LogP contribution is 2.18. The first kappa shape index (κ1) is 18.7. The number of halogens is 1. The molecule has 2 aromatic heterocycles. The van der Waals surface area contributed by atoms with Gasteiger partial charge in [0.1, 0.15) is 16.4 Å². The first-order chi connectivity index (χ1) is 11.2. The van der Waals surface area contributed by atoms with E-state index < -0.39 is 0 Å². The van der Waals surface area contributed by atoms with Crippen molar-refractivity contribution in [1.29, 1.82) is 0 Å². The van der Waals surface area contributed by atoms with E-state index in [0.717, 1.165) is 40.7 Å². The summed E-state index contributed by atoms with van der Waals surface area (Å²) in [5, 5.41) is 8.76. The summed E-state index contributed by atoms with van der Waals surface area (Å²) in [6.07, 6.45) is 2.70. The Morgan fingerprint density at radius 3 is 2.83 bits per heavy atom. The van der Waals surface area contributed by atoms with E-state index in [1.54, 1.807) is 18.4 Å². The maximum atomic E-state index is 5.81. The van der Waals surface area contributed by atoms with E-state index in [9.17, 15) is 0 Å². The first-order valence-corrected chi connectivity index (χ1v) is 8.39. The Morgan fingerprint density at radius 1 is 1.29 bits per heavy atom. The molecule has 1 aromatic carbocycles. The smallest absolute Gasteiger partial charge is 0.191 e. The van der Waals surface area contributed by atoms with Crippen molar-refractivity contribution < 1.29 is 4.42 Å². The Balaban J connectivity index is 0.00000208. The van der Waals surface area contributed by atoms with Crippen LogP contribution in [0.2, 0.25) is 0 Å². The summed E-state index contributed by atoms with van der Waals surface area (Å²) < 4.78 is 5.81. The average Bonchev–Trinajstić information content (AvgIpc) is 3.16. The van der Waals surface area contributed by atoms with Gasteiger partial charge in [-0.25, -0.2) is 4.98 Å². The lowest BCUT2D eigenvalue weighted by Gasteiger charge is -2.09. The number of nitrogens with one attached hydrogen (secondary N) is 2. The van der Waals surface area contributed by atoms with Gasteiger partial charge in [0.05, 0.1) is 6.54 Å². The molecule has 24 heavy (non-hydrogen) atoms. The highest BCUT2D eigenvalue weighted by molar-refractivity contribution is 14.0. The normalized spacial score (nSPS) is 11.3. The Morgan fingerprint density at radius 2 is 2.12 bits per heavy atom. The van der Waals surface area contributed by atoms with Crippen molar-refractivity contribution in [1.82, 2.24) is 15.6 Å². The van der Waals surface area contributed by atoms with Gasteiger partial charge in [0.25, 0.3) is 0 Å². The van der Waals surface area contributed by atoms with Crippen LogP contribution in [0.25, 0.3) is 11.0 Å². The summed E-state index contributed by atoms with van der Waals surface area (Å²) in [6.45, 7) is 3.50. The number of rotatable bonds is 5. The minimum Gasteiger partial charge on any atom is -0.461 e. The van der Waals surface area contributed by atoms with E-state index in [1.165, 1.54) is 4.88 Å². The van der Waals surface area contributed by atoms with Gasteiger partial charge in [0.2, 0.25) is 0 Å². The number of aryl methyl sites for hydroxylation is 1. The van der Waals surface area contributed by atoms with Crippen molar-refractivity contribution in [2.24, 2.45) is 4.99 Å². The third-order valence-corrected chi connectivity index (χ3v) is 4.35. The lowest BCUT2D eigenvalue weighted by Crippen LogP contribution is -2.37. The number of hydrogen-bond acceptors (Lipinski definition) is 4. The molecule has 2 heterocycles. The summed E-state index contributed by atoms with van der Waals surface area (Å²) >= 11 is 1.69. The van der Waals surface area contributed by atoms with Crippen molar-refractivity contribution in [2.75, 3.05) is 13.6 Å². The Labute approximate surface area is 162 Å². The molecule has 0 amide bonds. The third kappa shape index (κ3) is 4.94. The average molecular weight is 456 g/mol. The number of benzene rings is 1. The van der Waals surface area contributed by atoms with E-state index in [2.05, 4.69) is 39.7 Å². The second kappa shape index (κ2) is 9.03. The van der Waals surface area contributed by atoms with Crippen LogP contribution in [-0.4, -0.2) is 24.5 Å². The van der Waals surface area contributed by atoms with Gasteiger partial charge in [0, 0.05) is 36.5 Å². The molecule has 0 unspecified atom stereocenters. The van der Waals surface area contributed by atoms with Crippen LogP contribution in [0, 0.1) is 6.92 Å². The molecule has 0 saturated carbocycles. The zero-order chi connectivity index (χ0) is 16.1. The van der Waals surface area contributed by atoms with Crippen LogP contribution in [0.4, 0.5) is 0 Å². The number of nitrogens with zero attached hydrogens (tertiary/aromatic N) is 2. The number of aliphatic imine (C=N–C) groups is 1. The number of furan rings is 1. The largest absolute Gasteiger partial charge is 0.461 e. The molecule has 0 radical (unpaired) electrons. The number of guanidine groups is 1. The van der Waals surface area contributed by atoms with Gasteiger partial charge < -0.3 is 15.1 Å². The second-order valence-electron chi connectivity index (χ2n) is 5.22. The van der Waals surface area contributed by atoms with E-state index in [-0.39, 0.29) is 24.0 Å². The van der Waals surface area contributed by atoms with Crippen molar-refractivity contribution in [3.63, 3.8) is 0 Å². The van der Waals surface area contributed by atoms with Gasteiger partial charge >= 0.3 is 0 Å². The van der Waals surface area contributed by atoms with Crippen molar-refractivity contribution in [2.45, 2.75) is 19.9 Å². The maximum Gasteiger partial charge on any atom is 0.191 e. The monoisotopic (exact) mass is 456 g/mol. The molecule has 128 valence electrons. The van der Waals surface area contributed by atoms with Gasteiger partial charge in [-0.15, -0.1) is 35.3 Å². The lowest BCUT2D eigenvalue weighted by atomic mass is 10.2. The van der Waals surface area contributed by atoms with Gasteiger partial charge in [-0.05, 0) is 19.1 Å². The Kier molecular flexibility index (Phi) is 7.04. The molecule has 0 fully saturated rings. The molecule has 2 N–H and O–H groups in total. The highest BCUT2D eigenvalue weighted by atomic mass is 127. The van der Waals surface area contributed by atoms with Crippen LogP contribution in [-0.2, 0) is 13.0 Å². The van der Waals surface area contributed by atoms with Crippen molar-refractivity contribution >= 4 is 52.2 Å². The molecule has 3 aromatic rings. The fourth-order valence-electron chi connectivity index (χ4n) is 2.33. The Hall–Kier alpha value is -1.61. The van der Waals surface area contributed by atoms with Crippen molar-refractivity contribution in [3.8, 4) is 0 Å². The summed E-state index contributed by atoms with van der Waals surface area (Å²) in [6, 6.07) is 10.1. The maximum absolute atomic E-state index is 5.81. The molecule has 3 rings (SSSR count). The summed E-state index contributed by atoms with van der Waals surface area (Å²) in [4.78, 5) is 9.77. The van der Waals surface area contributed by atoms with Gasteiger partial charge in [-0.3, -0.25) is 4.99 Å². The predicted molar refractivity (Wildman–Crippen MR) is 110 cm³/mol. The van der Waals surface area contributed by atoms with Gasteiger partial charge in [-0.2, -0.15) is 0 Å². The highest BCUT2D eigenvalue weighted by Gasteiger charge is 2.04. The van der Waals surface area contributed by atoms with Crippen LogP contribution >= 0.6 is 35.3 Å². The van der Waals surface area contributed by atoms with Crippen LogP contribution in [0.15, 0.2) is 45.9 Å². The Bertz CT molecular complexity index is 779. The molecular formula is C17H21IN4OS. The number of hydrogen-bond donors (Lipinski definition) is 2. The fraction of sp³-hybridized carbons (Fsp3) is 0.294. The standard InChI is InChI=1S/C17H20N4OS.HI/c1-12-10-20-16(23-12)11-21-17(18-2)19-8-7-14-9-13-5-3-4-6-15(13)22-14;/h3-6,9-10H,7-8,11H2,1-2H3,(H2,18,19,21);1H.